The second-order valence-electron chi connectivity index (χ2n) is 3.46. The standard InChI is InChI=1S/C11H17FN2O2/c1-15-7-9(14-13)6-8-4-3-5-10(16-2)11(8)12/h3-5,9,14H,6-7,13H2,1-2H3. The zero-order valence-electron chi connectivity index (χ0n) is 9.50. The van der Waals surface area contributed by atoms with E-state index in [0.717, 1.165) is 0 Å². The van der Waals surface area contributed by atoms with E-state index >= 15 is 0 Å². The van der Waals surface area contributed by atoms with Crippen LogP contribution in [-0.4, -0.2) is 26.9 Å². The second kappa shape index (κ2) is 6.42. The van der Waals surface area contributed by atoms with Crippen LogP contribution in [0, 0.1) is 5.82 Å². The summed E-state index contributed by atoms with van der Waals surface area (Å²) >= 11 is 0. The Hall–Kier alpha value is -1.17. The normalized spacial score (nSPS) is 12.5. The molecule has 0 saturated heterocycles. The molecule has 0 saturated carbocycles. The van der Waals surface area contributed by atoms with E-state index in [1.165, 1.54) is 7.11 Å². The zero-order chi connectivity index (χ0) is 12.0. The van der Waals surface area contributed by atoms with E-state index in [1.54, 1.807) is 25.3 Å². The molecule has 1 aromatic rings. The number of methoxy groups -OCH3 is 2. The lowest BCUT2D eigenvalue weighted by atomic mass is 10.1. The van der Waals surface area contributed by atoms with Crippen LogP contribution in [0.4, 0.5) is 4.39 Å². The smallest absolute Gasteiger partial charge is 0.168 e. The van der Waals surface area contributed by atoms with Crippen molar-refractivity contribution in [1.29, 1.82) is 0 Å². The van der Waals surface area contributed by atoms with E-state index in [9.17, 15) is 4.39 Å². The highest BCUT2D eigenvalue weighted by Crippen LogP contribution is 2.20. The molecule has 0 amide bonds. The third-order valence-corrected chi connectivity index (χ3v) is 2.33. The van der Waals surface area contributed by atoms with Crippen LogP contribution in [0.5, 0.6) is 5.75 Å². The fraction of sp³-hybridized carbons (Fsp3) is 0.455. The Morgan fingerprint density at radius 3 is 2.75 bits per heavy atom. The van der Waals surface area contributed by atoms with E-state index in [4.69, 9.17) is 15.3 Å². The van der Waals surface area contributed by atoms with Gasteiger partial charge in [-0.1, -0.05) is 12.1 Å². The van der Waals surface area contributed by atoms with E-state index in [2.05, 4.69) is 5.43 Å². The average Bonchev–Trinajstić information content (AvgIpc) is 2.31. The van der Waals surface area contributed by atoms with Crippen LogP contribution in [0.1, 0.15) is 5.56 Å². The molecule has 16 heavy (non-hydrogen) atoms. The minimum Gasteiger partial charge on any atom is -0.494 e. The number of hydrazine groups is 1. The highest BCUT2D eigenvalue weighted by molar-refractivity contribution is 5.31. The van der Waals surface area contributed by atoms with Crippen molar-refractivity contribution in [2.45, 2.75) is 12.5 Å². The molecule has 1 aromatic carbocycles. The average molecular weight is 228 g/mol. The van der Waals surface area contributed by atoms with Crippen molar-refractivity contribution in [3.8, 4) is 5.75 Å². The number of halogens is 1. The monoisotopic (exact) mass is 228 g/mol. The van der Waals surface area contributed by atoms with Crippen molar-refractivity contribution in [2.75, 3.05) is 20.8 Å². The summed E-state index contributed by atoms with van der Waals surface area (Å²) in [6, 6.07) is 4.92. The maximum Gasteiger partial charge on any atom is 0.168 e. The van der Waals surface area contributed by atoms with Crippen LogP contribution in [0.25, 0.3) is 0 Å². The first kappa shape index (κ1) is 12.9. The van der Waals surface area contributed by atoms with Crippen LogP contribution in [0.2, 0.25) is 0 Å². The molecule has 0 fully saturated rings. The molecule has 0 bridgehead atoms. The van der Waals surface area contributed by atoms with Gasteiger partial charge in [-0.15, -0.1) is 0 Å². The van der Waals surface area contributed by atoms with Gasteiger partial charge in [-0.2, -0.15) is 0 Å². The van der Waals surface area contributed by atoms with Crippen molar-refractivity contribution in [1.82, 2.24) is 5.43 Å². The van der Waals surface area contributed by atoms with Crippen molar-refractivity contribution < 1.29 is 13.9 Å². The van der Waals surface area contributed by atoms with Gasteiger partial charge in [0.1, 0.15) is 0 Å². The third-order valence-electron chi connectivity index (χ3n) is 2.33. The maximum atomic E-state index is 13.8. The molecule has 1 atom stereocenters. The summed E-state index contributed by atoms with van der Waals surface area (Å²) in [6.45, 7) is 0.424. The lowest BCUT2D eigenvalue weighted by Crippen LogP contribution is -2.40. The Morgan fingerprint density at radius 1 is 1.44 bits per heavy atom. The highest BCUT2D eigenvalue weighted by atomic mass is 19.1. The van der Waals surface area contributed by atoms with Gasteiger partial charge in [0.2, 0.25) is 0 Å². The minimum atomic E-state index is -0.346. The number of ether oxygens (including phenoxy) is 2. The predicted octanol–water partition coefficient (Wildman–Crippen LogP) is 0.855. The first-order chi connectivity index (χ1) is 7.72. The molecule has 3 N–H and O–H groups in total. The number of nitrogens with two attached hydrogens (primary N) is 1. The minimum absolute atomic E-state index is 0.119. The summed E-state index contributed by atoms with van der Waals surface area (Å²) in [5.74, 6) is 5.24. The molecule has 90 valence electrons. The summed E-state index contributed by atoms with van der Waals surface area (Å²) < 4.78 is 23.6. The predicted molar refractivity (Wildman–Crippen MR) is 59.6 cm³/mol. The second-order valence-corrected chi connectivity index (χ2v) is 3.46. The lowest BCUT2D eigenvalue weighted by Gasteiger charge is -2.15. The summed E-state index contributed by atoms with van der Waals surface area (Å²) in [7, 11) is 3.02. The molecule has 1 unspecified atom stereocenters. The van der Waals surface area contributed by atoms with Crippen LogP contribution in [0.3, 0.4) is 0 Å². The van der Waals surface area contributed by atoms with Gasteiger partial charge in [0.25, 0.3) is 0 Å². The fourth-order valence-corrected chi connectivity index (χ4v) is 1.50. The molecule has 1 rings (SSSR count). The number of hydrogen-bond donors (Lipinski definition) is 2. The Morgan fingerprint density at radius 2 is 2.19 bits per heavy atom. The van der Waals surface area contributed by atoms with Crippen LogP contribution >= 0.6 is 0 Å². The maximum absolute atomic E-state index is 13.8. The topological polar surface area (TPSA) is 56.5 Å². The summed E-state index contributed by atoms with van der Waals surface area (Å²) in [6.07, 6.45) is 0.452. The van der Waals surface area contributed by atoms with Gasteiger partial charge in [0, 0.05) is 13.2 Å². The summed E-state index contributed by atoms with van der Waals surface area (Å²) in [4.78, 5) is 0. The zero-order valence-corrected chi connectivity index (χ0v) is 9.50. The molecular formula is C11H17FN2O2. The highest BCUT2D eigenvalue weighted by Gasteiger charge is 2.13. The van der Waals surface area contributed by atoms with Crippen molar-refractivity contribution in [3.63, 3.8) is 0 Å². The van der Waals surface area contributed by atoms with E-state index in [-0.39, 0.29) is 17.6 Å². The number of benzene rings is 1. The first-order valence-corrected chi connectivity index (χ1v) is 4.99. The number of nitrogens with one attached hydrogen (secondary N) is 1. The molecule has 5 heteroatoms. The van der Waals surface area contributed by atoms with E-state index in [0.29, 0.717) is 18.6 Å². The van der Waals surface area contributed by atoms with Gasteiger partial charge in [-0.3, -0.25) is 11.3 Å². The van der Waals surface area contributed by atoms with Crippen molar-refractivity contribution >= 4 is 0 Å². The molecule has 0 aliphatic carbocycles. The van der Waals surface area contributed by atoms with E-state index < -0.39 is 0 Å². The number of hydrogen-bond acceptors (Lipinski definition) is 4. The summed E-state index contributed by atoms with van der Waals surface area (Å²) in [5, 5.41) is 0. The fourth-order valence-electron chi connectivity index (χ4n) is 1.50. The number of rotatable bonds is 6. The first-order valence-electron chi connectivity index (χ1n) is 4.99. The SMILES string of the molecule is COCC(Cc1cccc(OC)c1F)NN. The van der Waals surface area contributed by atoms with Gasteiger partial charge in [-0.05, 0) is 18.1 Å². The van der Waals surface area contributed by atoms with Crippen LogP contribution < -0.4 is 16.0 Å². The Bertz CT molecular complexity index is 334. The third kappa shape index (κ3) is 3.16. The van der Waals surface area contributed by atoms with Crippen LogP contribution in [0.15, 0.2) is 18.2 Å². The van der Waals surface area contributed by atoms with Gasteiger partial charge in [-0.25, -0.2) is 4.39 Å². The molecule has 0 radical (unpaired) electrons. The lowest BCUT2D eigenvalue weighted by molar-refractivity contribution is 0.166. The molecule has 0 aliphatic rings. The molecule has 0 spiro atoms. The molecule has 0 heterocycles. The molecular weight excluding hydrogens is 211 g/mol. The van der Waals surface area contributed by atoms with Gasteiger partial charge in [0.15, 0.2) is 11.6 Å². The molecule has 0 aromatic heterocycles. The summed E-state index contributed by atoms with van der Waals surface area (Å²) in [5.41, 5.74) is 3.14. The van der Waals surface area contributed by atoms with Crippen molar-refractivity contribution in [2.24, 2.45) is 5.84 Å². The molecule has 0 aliphatic heterocycles. The Balaban J connectivity index is 2.79. The van der Waals surface area contributed by atoms with Gasteiger partial charge >= 0.3 is 0 Å². The Labute approximate surface area is 94.5 Å². The largest absolute Gasteiger partial charge is 0.494 e. The van der Waals surface area contributed by atoms with E-state index in [1.807, 2.05) is 0 Å². The van der Waals surface area contributed by atoms with Gasteiger partial charge in [0.05, 0.1) is 13.7 Å². The van der Waals surface area contributed by atoms with Crippen molar-refractivity contribution in [3.05, 3.63) is 29.6 Å². The Kier molecular flexibility index (Phi) is 5.18. The van der Waals surface area contributed by atoms with Gasteiger partial charge < -0.3 is 9.47 Å². The quantitative estimate of drug-likeness (QED) is 0.560. The molecule has 4 nitrogen and oxygen atoms in total. The van der Waals surface area contributed by atoms with Crippen LogP contribution in [-0.2, 0) is 11.2 Å².